The van der Waals surface area contributed by atoms with E-state index in [0.29, 0.717) is 22.8 Å². The summed E-state index contributed by atoms with van der Waals surface area (Å²) in [6.45, 7) is 8.12. The van der Waals surface area contributed by atoms with Crippen molar-refractivity contribution < 1.29 is 23.8 Å². The van der Waals surface area contributed by atoms with Gasteiger partial charge in [0, 0.05) is 5.56 Å². The van der Waals surface area contributed by atoms with E-state index in [-0.39, 0.29) is 12.2 Å². The molecule has 0 spiro atoms. The van der Waals surface area contributed by atoms with Gasteiger partial charge in [0.15, 0.2) is 17.6 Å². The number of fused-ring (bicyclic) bond motifs is 1. The van der Waals surface area contributed by atoms with Crippen molar-refractivity contribution >= 4 is 11.8 Å². The molecule has 1 aliphatic rings. The summed E-state index contributed by atoms with van der Waals surface area (Å²) in [5, 5.41) is 0. The van der Waals surface area contributed by atoms with E-state index < -0.39 is 17.9 Å². The molecular weight excluding hydrogens is 360 g/mol. The molecule has 2 amide bonds. The Labute approximate surface area is 164 Å². The van der Waals surface area contributed by atoms with E-state index in [4.69, 9.17) is 14.2 Å². The van der Waals surface area contributed by atoms with Crippen molar-refractivity contribution in [1.29, 1.82) is 0 Å². The van der Waals surface area contributed by atoms with Gasteiger partial charge in [-0.1, -0.05) is 32.9 Å². The molecule has 7 heteroatoms. The minimum absolute atomic E-state index is 0.0422. The first kappa shape index (κ1) is 19.5. The van der Waals surface area contributed by atoms with Crippen LogP contribution in [0.5, 0.6) is 17.2 Å². The second kappa shape index (κ2) is 7.80. The van der Waals surface area contributed by atoms with E-state index in [1.807, 2.05) is 24.3 Å². The largest absolute Gasteiger partial charge is 0.481 e. The van der Waals surface area contributed by atoms with Crippen molar-refractivity contribution in [2.45, 2.75) is 39.2 Å². The second-order valence-corrected chi connectivity index (χ2v) is 7.55. The van der Waals surface area contributed by atoms with Crippen LogP contribution in [0, 0.1) is 0 Å². The Morgan fingerprint density at radius 2 is 1.68 bits per heavy atom. The van der Waals surface area contributed by atoms with Gasteiger partial charge in [0.25, 0.3) is 11.8 Å². The number of benzene rings is 2. The normalized spacial score (nSPS) is 13.6. The quantitative estimate of drug-likeness (QED) is 0.792. The van der Waals surface area contributed by atoms with Gasteiger partial charge in [-0.3, -0.25) is 20.4 Å². The fourth-order valence-corrected chi connectivity index (χ4v) is 2.62. The molecule has 0 fully saturated rings. The first-order valence-electron chi connectivity index (χ1n) is 9.01. The van der Waals surface area contributed by atoms with E-state index in [2.05, 4.69) is 31.6 Å². The minimum Gasteiger partial charge on any atom is -0.481 e. The van der Waals surface area contributed by atoms with Crippen LogP contribution in [-0.4, -0.2) is 24.7 Å². The molecule has 2 N–H and O–H groups in total. The van der Waals surface area contributed by atoms with Crippen molar-refractivity contribution in [2.75, 3.05) is 6.79 Å². The Kier molecular flexibility index (Phi) is 5.44. The third-order valence-electron chi connectivity index (χ3n) is 4.34. The van der Waals surface area contributed by atoms with Gasteiger partial charge in [0.05, 0.1) is 0 Å². The van der Waals surface area contributed by atoms with E-state index in [1.54, 1.807) is 25.1 Å². The fourth-order valence-electron chi connectivity index (χ4n) is 2.62. The minimum atomic E-state index is -0.780. The first-order chi connectivity index (χ1) is 13.2. The highest BCUT2D eigenvalue weighted by molar-refractivity contribution is 5.96. The van der Waals surface area contributed by atoms with Crippen molar-refractivity contribution in [3.8, 4) is 17.2 Å². The van der Waals surface area contributed by atoms with Crippen LogP contribution in [0.3, 0.4) is 0 Å². The average Bonchev–Trinajstić information content (AvgIpc) is 3.13. The molecule has 0 aromatic heterocycles. The molecule has 0 saturated carbocycles. The van der Waals surface area contributed by atoms with Gasteiger partial charge in [-0.25, -0.2) is 0 Å². The van der Waals surface area contributed by atoms with Gasteiger partial charge in [0.1, 0.15) is 5.75 Å². The van der Waals surface area contributed by atoms with Gasteiger partial charge >= 0.3 is 0 Å². The Morgan fingerprint density at radius 3 is 2.36 bits per heavy atom. The number of carbonyl (C=O) groups excluding carboxylic acids is 2. The highest BCUT2D eigenvalue weighted by atomic mass is 16.7. The maximum absolute atomic E-state index is 12.2. The predicted octanol–water partition coefficient (Wildman–Crippen LogP) is 2.94. The molecule has 0 bridgehead atoms. The number of rotatable bonds is 4. The Hall–Kier alpha value is -3.22. The van der Waals surface area contributed by atoms with Crippen LogP contribution in [0.4, 0.5) is 0 Å². The molecule has 28 heavy (non-hydrogen) atoms. The number of ether oxygens (including phenoxy) is 3. The third kappa shape index (κ3) is 4.54. The summed E-state index contributed by atoms with van der Waals surface area (Å²) in [6, 6.07) is 12.4. The molecule has 148 valence electrons. The SMILES string of the molecule is C[C@H](Oc1ccc(C(C)(C)C)cc1)C(=O)NNC(=O)c1ccc2c(c1)OCO2. The number of amides is 2. The molecule has 1 aliphatic heterocycles. The van der Waals surface area contributed by atoms with Gasteiger partial charge in [-0.15, -0.1) is 0 Å². The molecule has 2 aromatic rings. The maximum Gasteiger partial charge on any atom is 0.279 e. The Bertz CT molecular complexity index is 871. The lowest BCUT2D eigenvalue weighted by Crippen LogP contribution is -2.47. The van der Waals surface area contributed by atoms with Crippen LogP contribution in [0.25, 0.3) is 0 Å². The molecule has 1 atom stereocenters. The number of hydrogen-bond acceptors (Lipinski definition) is 5. The standard InChI is InChI=1S/C21H24N2O5/c1-13(28-16-8-6-15(7-9-16)21(2,3)4)19(24)22-23-20(25)14-5-10-17-18(11-14)27-12-26-17/h5-11,13H,12H2,1-4H3,(H,22,24)(H,23,25)/t13-/m0/s1. The van der Waals surface area contributed by atoms with Crippen LogP contribution in [0.2, 0.25) is 0 Å². The summed E-state index contributed by atoms with van der Waals surface area (Å²) in [4.78, 5) is 24.4. The zero-order valence-corrected chi connectivity index (χ0v) is 16.4. The average molecular weight is 384 g/mol. The van der Waals surface area contributed by atoms with Crippen molar-refractivity contribution in [3.05, 3.63) is 53.6 Å². The number of carbonyl (C=O) groups is 2. The number of hydrogen-bond donors (Lipinski definition) is 2. The predicted molar refractivity (Wildman–Crippen MR) is 103 cm³/mol. The van der Waals surface area contributed by atoms with Crippen LogP contribution < -0.4 is 25.1 Å². The van der Waals surface area contributed by atoms with E-state index in [9.17, 15) is 9.59 Å². The Balaban J connectivity index is 1.52. The van der Waals surface area contributed by atoms with Crippen molar-refractivity contribution in [3.63, 3.8) is 0 Å². The third-order valence-corrected chi connectivity index (χ3v) is 4.34. The first-order valence-corrected chi connectivity index (χ1v) is 9.01. The summed E-state index contributed by atoms with van der Waals surface area (Å²) in [5.74, 6) is 0.731. The van der Waals surface area contributed by atoms with Crippen LogP contribution in [-0.2, 0) is 10.2 Å². The summed E-state index contributed by atoms with van der Waals surface area (Å²) >= 11 is 0. The van der Waals surface area contributed by atoms with E-state index in [0.717, 1.165) is 0 Å². The topological polar surface area (TPSA) is 85.9 Å². The van der Waals surface area contributed by atoms with Gasteiger partial charge in [-0.05, 0) is 48.2 Å². The lowest BCUT2D eigenvalue weighted by Gasteiger charge is -2.20. The van der Waals surface area contributed by atoms with Crippen LogP contribution in [0.1, 0.15) is 43.6 Å². The summed E-state index contributed by atoms with van der Waals surface area (Å²) in [5.41, 5.74) is 6.30. The fraction of sp³-hybridized carbons (Fsp3) is 0.333. The molecule has 2 aromatic carbocycles. The zero-order valence-electron chi connectivity index (χ0n) is 16.4. The van der Waals surface area contributed by atoms with Gasteiger partial charge in [-0.2, -0.15) is 0 Å². The summed E-state index contributed by atoms with van der Waals surface area (Å²) < 4.78 is 16.1. The highest BCUT2D eigenvalue weighted by Gasteiger charge is 2.19. The number of nitrogens with one attached hydrogen (secondary N) is 2. The lowest BCUT2D eigenvalue weighted by atomic mass is 9.87. The molecular formula is C21H24N2O5. The molecule has 1 heterocycles. The van der Waals surface area contributed by atoms with Gasteiger partial charge < -0.3 is 14.2 Å². The molecule has 0 unspecified atom stereocenters. The molecule has 0 saturated heterocycles. The number of hydrazine groups is 1. The second-order valence-electron chi connectivity index (χ2n) is 7.55. The van der Waals surface area contributed by atoms with Gasteiger partial charge in [0.2, 0.25) is 6.79 Å². The van der Waals surface area contributed by atoms with Crippen molar-refractivity contribution in [1.82, 2.24) is 10.9 Å². The highest BCUT2D eigenvalue weighted by Crippen LogP contribution is 2.32. The van der Waals surface area contributed by atoms with Crippen molar-refractivity contribution in [2.24, 2.45) is 0 Å². The zero-order chi connectivity index (χ0) is 20.3. The molecule has 0 aliphatic carbocycles. The van der Waals surface area contributed by atoms with Crippen LogP contribution in [0.15, 0.2) is 42.5 Å². The Morgan fingerprint density at radius 1 is 1.00 bits per heavy atom. The monoisotopic (exact) mass is 384 g/mol. The molecule has 7 nitrogen and oxygen atoms in total. The van der Waals surface area contributed by atoms with E-state index in [1.165, 1.54) is 5.56 Å². The van der Waals surface area contributed by atoms with Crippen LogP contribution >= 0.6 is 0 Å². The lowest BCUT2D eigenvalue weighted by molar-refractivity contribution is -0.128. The molecule has 0 radical (unpaired) electrons. The molecule has 3 rings (SSSR count). The van der Waals surface area contributed by atoms with E-state index >= 15 is 0 Å². The summed E-state index contributed by atoms with van der Waals surface area (Å²) in [6.07, 6.45) is -0.780. The maximum atomic E-state index is 12.2. The smallest absolute Gasteiger partial charge is 0.279 e. The summed E-state index contributed by atoms with van der Waals surface area (Å²) in [7, 11) is 0.